The number of carbonyl (C=O) groups is 3. The maximum absolute atomic E-state index is 13.1. The van der Waals surface area contributed by atoms with Crippen LogP contribution in [0.5, 0.6) is 0 Å². The third-order valence-corrected chi connectivity index (χ3v) is 5.65. The summed E-state index contributed by atoms with van der Waals surface area (Å²) in [6.45, 7) is 1.93. The minimum atomic E-state index is -1.69. The van der Waals surface area contributed by atoms with Gasteiger partial charge in [-0.2, -0.15) is 0 Å². The van der Waals surface area contributed by atoms with Gasteiger partial charge in [0, 0.05) is 17.1 Å². The molecule has 0 aliphatic carbocycles. The third-order valence-electron chi connectivity index (χ3n) is 4.94. The van der Waals surface area contributed by atoms with Crippen LogP contribution in [-0.4, -0.2) is 36.5 Å². The maximum atomic E-state index is 13.1. The smallest absolute Gasteiger partial charge is 0.329 e. The number of carbonyl (C=O) groups excluding carboxylic acids is 3. The molecule has 3 rings (SSSR count). The van der Waals surface area contributed by atoms with E-state index in [2.05, 4.69) is 0 Å². The maximum Gasteiger partial charge on any atom is 0.329 e. The molecule has 6 nitrogen and oxygen atoms in total. The van der Waals surface area contributed by atoms with Gasteiger partial charge in [0.25, 0.3) is 0 Å². The summed E-state index contributed by atoms with van der Waals surface area (Å²) in [5, 5.41) is 0.692. The van der Waals surface area contributed by atoms with Gasteiger partial charge in [-0.05, 0) is 43.2 Å². The van der Waals surface area contributed by atoms with E-state index >= 15 is 0 Å². The summed E-state index contributed by atoms with van der Waals surface area (Å²) in [5.41, 5.74) is -0.217. The molecule has 0 saturated heterocycles. The van der Waals surface area contributed by atoms with Crippen molar-refractivity contribution in [3.63, 3.8) is 0 Å². The average molecular weight is 410 g/mol. The number of ether oxygens (including phenoxy) is 2. The van der Waals surface area contributed by atoms with Crippen LogP contribution in [0.25, 0.3) is 0 Å². The van der Waals surface area contributed by atoms with E-state index in [0.29, 0.717) is 21.8 Å². The van der Waals surface area contributed by atoms with Crippen molar-refractivity contribution in [3.8, 4) is 0 Å². The van der Waals surface area contributed by atoms with E-state index in [1.165, 1.54) is 14.2 Å². The summed E-state index contributed by atoms with van der Waals surface area (Å²) >= 11 is 12.4. The lowest BCUT2D eigenvalue weighted by Gasteiger charge is -2.23. The molecule has 1 aliphatic heterocycles. The molecule has 0 spiro atoms. The second kappa shape index (κ2) is 7.02. The van der Waals surface area contributed by atoms with E-state index in [0.717, 1.165) is 0 Å². The minimum absolute atomic E-state index is 0.0998. The van der Waals surface area contributed by atoms with E-state index in [1.807, 2.05) is 0 Å². The fraction of sp³-hybridized carbons (Fsp3) is 0.316. The van der Waals surface area contributed by atoms with Crippen LogP contribution in [-0.2, 0) is 31.0 Å². The van der Waals surface area contributed by atoms with Gasteiger partial charge in [-0.3, -0.25) is 14.4 Å². The molecule has 27 heavy (non-hydrogen) atoms. The van der Waals surface area contributed by atoms with Crippen LogP contribution in [0.2, 0.25) is 10.0 Å². The number of hydrogen-bond donors (Lipinski definition) is 0. The zero-order valence-electron chi connectivity index (χ0n) is 15.0. The van der Waals surface area contributed by atoms with Gasteiger partial charge in [0.1, 0.15) is 0 Å². The van der Waals surface area contributed by atoms with Gasteiger partial charge in [-0.15, -0.1) is 0 Å². The van der Waals surface area contributed by atoms with Crippen LogP contribution < -0.4 is 0 Å². The highest BCUT2D eigenvalue weighted by molar-refractivity contribution is 6.34. The molecule has 2 heterocycles. The van der Waals surface area contributed by atoms with E-state index in [1.54, 1.807) is 35.8 Å². The largest absolute Gasteiger partial charge is 0.468 e. The molecule has 0 saturated carbocycles. The lowest BCUT2D eigenvalue weighted by Crippen LogP contribution is -2.44. The third kappa shape index (κ3) is 2.75. The van der Waals surface area contributed by atoms with Crippen LogP contribution >= 0.6 is 23.2 Å². The van der Waals surface area contributed by atoms with Crippen molar-refractivity contribution in [2.24, 2.45) is 0 Å². The Labute approximate surface area is 166 Å². The van der Waals surface area contributed by atoms with Crippen molar-refractivity contribution in [1.29, 1.82) is 0 Å². The summed E-state index contributed by atoms with van der Waals surface area (Å²) in [5.74, 6) is -1.81. The Hall–Kier alpha value is -2.31. The molecule has 0 N–H and O–H groups in total. The average Bonchev–Trinajstić information content (AvgIpc) is 3.18. The summed E-state index contributed by atoms with van der Waals surface area (Å²) in [6.07, 6.45) is 0.0998. The van der Waals surface area contributed by atoms with Crippen LogP contribution in [0, 0.1) is 6.92 Å². The molecule has 8 heteroatoms. The number of hydrogen-bond acceptors (Lipinski definition) is 5. The van der Waals surface area contributed by atoms with E-state index < -0.39 is 17.4 Å². The number of rotatable bonds is 4. The van der Waals surface area contributed by atoms with Gasteiger partial charge >= 0.3 is 11.9 Å². The van der Waals surface area contributed by atoms with Crippen LogP contribution in [0.15, 0.2) is 24.3 Å². The van der Waals surface area contributed by atoms with Gasteiger partial charge in [-0.1, -0.05) is 23.2 Å². The molecular weight excluding hydrogens is 393 g/mol. The quantitative estimate of drug-likeness (QED) is 0.439. The summed E-state index contributed by atoms with van der Waals surface area (Å²) in [4.78, 5) is 38.2. The molecule has 2 aromatic rings. The predicted molar refractivity (Wildman–Crippen MR) is 99.4 cm³/mol. The molecule has 0 fully saturated rings. The van der Waals surface area contributed by atoms with Gasteiger partial charge in [-0.25, -0.2) is 0 Å². The van der Waals surface area contributed by atoms with Crippen LogP contribution in [0.3, 0.4) is 0 Å². The van der Waals surface area contributed by atoms with Crippen molar-refractivity contribution in [1.82, 2.24) is 4.57 Å². The Morgan fingerprint density at radius 2 is 1.59 bits per heavy atom. The zero-order chi connectivity index (χ0) is 19.9. The Bertz CT molecular complexity index is 930. The molecule has 0 amide bonds. The number of esters is 2. The van der Waals surface area contributed by atoms with Crippen molar-refractivity contribution < 1.29 is 23.9 Å². The van der Waals surface area contributed by atoms with Gasteiger partial charge in [0.05, 0.1) is 30.6 Å². The SMILES string of the molecule is COC(=O)C1(C(=O)OC)CCn2c(C(=O)c3ccc(Cl)cc3)c(C)c(Cl)c21. The number of fused-ring (bicyclic) bond motifs is 1. The second-order valence-corrected chi connectivity index (χ2v) is 7.08. The number of ketones is 1. The first-order valence-electron chi connectivity index (χ1n) is 8.15. The first-order chi connectivity index (χ1) is 12.8. The van der Waals surface area contributed by atoms with E-state index in [9.17, 15) is 14.4 Å². The standard InChI is InChI=1S/C19H17Cl2NO5/c1-10-13(21)16-19(17(24)26-2,18(25)27-3)8-9-22(16)14(10)15(23)11-4-6-12(20)7-5-11/h4-7H,8-9H2,1-3H3. The van der Waals surface area contributed by atoms with Gasteiger partial charge in [0.15, 0.2) is 0 Å². The number of nitrogens with zero attached hydrogens (tertiary/aromatic N) is 1. The van der Waals surface area contributed by atoms with E-state index in [-0.39, 0.29) is 29.5 Å². The Morgan fingerprint density at radius 1 is 1.04 bits per heavy atom. The number of benzene rings is 1. The molecule has 1 aromatic carbocycles. The Kier molecular flexibility index (Phi) is 5.06. The molecule has 0 atom stereocenters. The molecule has 0 bridgehead atoms. The summed E-state index contributed by atoms with van der Waals surface area (Å²) in [7, 11) is 2.39. The zero-order valence-corrected chi connectivity index (χ0v) is 16.5. The van der Waals surface area contributed by atoms with Crippen molar-refractivity contribution >= 4 is 40.9 Å². The van der Waals surface area contributed by atoms with Gasteiger partial charge < -0.3 is 14.0 Å². The Morgan fingerprint density at radius 3 is 2.11 bits per heavy atom. The lowest BCUT2D eigenvalue weighted by atomic mass is 9.83. The number of aromatic nitrogens is 1. The van der Waals surface area contributed by atoms with Crippen molar-refractivity contribution in [3.05, 3.63) is 56.8 Å². The number of methoxy groups -OCH3 is 2. The minimum Gasteiger partial charge on any atom is -0.468 e. The monoisotopic (exact) mass is 409 g/mol. The van der Waals surface area contributed by atoms with Gasteiger partial charge in [0.2, 0.25) is 11.2 Å². The predicted octanol–water partition coefficient (Wildman–Crippen LogP) is 3.32. The molecular formula is C19H17Cl2NO5. The highest BCUT2D eigenvalue weighted by atomic mass is 35.5. The first-order valence-corrected chi connectivity index (χ1v) is 8.91. The molecule has 0 radical (unpaired) electrons. The fourth-order valence-electron chi connectivity index (χ4n) is 3.61. The lowest BCUT2D eigenvalue weighted by molar-refractivity contribution is -0.161. The highest BCUT2D eigenvalue weighted by Crippen LogP contribution is 2.45. The normalized spacial score (nSPS) is 14.6. The van der Waals surface area contributed by atoms with Crippen molar-refractivity contribution in [2.75, 3.05) is 14.2 Å². The summed E-state index contributed by atoms with van der Waals surface area (Å²) < 4.78 is 11.4. The van der Waals surface area contributed by atoms with E-state index in [4.69, 9.17) is 32.7 Å². The molecule has 1 aliphatic rings. The second-order valence-electron chi connectivity index (χ2n) is 6.26. The van der Waals surface area contributed by atoms with Crippen molar-refractivity contribution in [2.45, 2.75) is 25.3 Å². The first kappa shape index (κ1) is 19.5. The molecule has 0 unspecified atom stereocenters. The highest BCUT2D eigenvalue weighted by Gasteiger charge is 2.57. The van der Waals surface area contributed by atoms with Crippen LogP contribution in [0.1, 0.15) is 33.7 Å². The molecule has 1 aromatic heterocycles. The Balaban J connectivity index is 2.22. The molecule has 142 valence electrons. The topological polar surface area (TPSA) is 74.6 Å². The number of halogens is 2. The van der Waals surface area contributed by atoms with Crippen LogP contribution in [0.4, 0.5) is 0 Å². The summed E-state index contributed by atoms with van der Waals surface area (Å²) in [6, 6.07) is 6.46. The fourth-order valence-corrected chi connectivity index (χ4v) is 4.09.